The third-order valence-electron chi connectivity index (χ3n) is 2.58. The van der Waals surface area contributed by atoms with Crippen molar-refractivity contribution in [2.24, 2.45) is 5.73 Å². The first-order valence-corrected chi connectivity index (χ1v) is 5.71. The highest BCUT2D eigenvalue weighted by atomic mass is 19.1. The van der Waals surface area contributed by atoms with E-state index in [0.29, 0.717) is 6.54 Å². The summed E-state index contributed by atoms with van der Waals surface area (Å²) >= 11 is 0. The maximum atomic E-state index is 12.8. The van der Waals surface area contributed by atoms with Crippen LogP contribution in [0.25, 0.3) is 11.3 Å². The van der Waals surface area contributed by atoms with Gasteiger partial charge >= 0.3 is 0 Å². The zero-order valence-electron chi connectivity index (χ0n) is 9.57. The van der Waals surface area contributed by atoms with Crippen LogP contribution in [0.15, 0.2) is 42.5 Å². The smallest absolute Gasteiger partial charge is 0.123 e. The molecule has 0 saturated heterocycles. The van der Waals surface area contributed by atoms with Gasteiger partial charge in [0.05, 0.1) is 5.69 Å². The van der Waals surface area contributed by atoms with E-state index >= 15 is 0 Å². The number of rotatable bonds is 4. The summed E-state index contributed by atoms with van der Waals surface area (Å²) in [5.74, 6) is -0.229. The van der Waals surface area contributed by atoms with Crippen molar-refractivity contribution < 1.29 is 4.39 Å². The molecule has 0 unspecified atom stereocenters. The number of aryl methyl sites for hydroxylation is 1. The Morgan fingerprint density at radius 1 is 1.06 bits per heavy atom. The Morgan fingerprint density at radius 2 is 1.82 bits per heavy atom. The van der Waals surface area contributed by atoms with Gasteiger partial charge in [0.15, 0.2) is 0 Å². The van der Waals surface area contributed by atoms with Gasteiger partial charge in [-0.3, -0.25) is 4.98 Å². The zero-order chi connectivity index (χ0) is 12.1. The fourth-order valence-electron chi connectivity index (χ4n) is 1.68. The van der Waals surface area contributed by atoms with Crippen molar-refractivity contribution in [3.05, 3.63) is 54.0 Å². The second kappa shape index (κ2) is 5.55. The first-order valence-electron chi connectivity index (χ1n) is 5.71. The van der Waals surface area contributed by atoms with E-state index in [1.165, 1.54) is 12.1 Å². The molecule has 0 atom stereocenters. The molecular weight excluding hydrogens is 215 g/mol. The van der Waals surface area contributed by atoms with Crippen LogP contribution in [0.1, 0.15) is 12.1 Å². The average Bonchev–Trinajstić information content (AvgIpc) is 2.37. The molecule has 2 N–H and O–H groups in total. The van der Waals surface area contributed by atoms with Gasteiger partial charge in [-0.25, -0.2) is 4.39 Å². The first-order chi connectivity index (χ1) is 8.29. The molecule has 0 aliphatic heterocycles. The summed E-state index contributed by atoms with van der Waals surface area (Å²) in [6.45, 7) is 0.669. The van der Waals surface area contributed by atoms with Crippen LogP contribution >= 0.6 is 0 Å². The Bertz CT molecular complexity index is 480. The normalized spacial score (nSPS) is 10.5. The van der Waals surface area contributed by atoms with Crippen LogP contribution in [-0.4, -0.2) is 11.5 Å². The van der Waals surface area contributed by atoms with Crippen molar-refractivity contribution in [1.29, 1.82) is 0 Å². The molecule has 0 saturated carbocycles. The first kappa shape index (κ1) is 11.7. The van der Waals surface area contributed by atoms with Gasteiger partial charge in [0.1, 0.15) is 5.82 Å². The summed E-state index contributed by atoms with van der Waals surface area (Å²) in [4.78, 5) is 4.53. The molecule has 1 aromatic carbocycles. The molecule has 17 heavy (non-hydrogen) atoms. The second-order valence-electron chi connectivity index (χ2n) is 3.91. The monoisotopic (exact) mass is 230 g/mol. The second-order valence-corrected chi connectivity index (χ2v) is 3.91. The lowest BCUT2D eigenvalue weighted by atomic mass is 10.1. The van der Waals surface area contributed by atoms with Crippen LogP contribution in [0.5, 0.6) is 0 Å². The zero-order valence-corrected chi connectivity index (χ0v) is 9.57. The van der Waals surface area contributed by atoms with Crippen molar-refractivity contribution in [3.8, 4) is 11.3 Å². The molecule has 2 nitrogen and oxygen atoms in total. The highest BCUT2D eigenvalue weighted by Gasteiger charge is 2.01. The predicted octanol–water partition coefficient (Wildman–Crippen LogP) is 2.78. The van der Waals surface area contributed by atoms with Gasteiger partial charge in [-0.2, -0.15) is 0 Å². The lowest BCUT2D eigenvalue weighted by Gasteiger charge is -2.04. The number of hydrogen-bond donors (Lipinski definition) is 1. The molecule has 1 heterocycles. The van der Waals surface area contributed by atoms with Gasteiger partial charge in [-0.15, -0.1) is 0 Å². The molecule has 0 aliphatic carbocycles. The number of aromatic nitrogens is 1. The number of hydrogen-bond acceptors (Lipinski definition) is 2. The van der Waals surface area contributed by atoms with Crippen molar-refractivity contribution >= 4 is 0 Å². The van der Waals surface area contributed by atoms with Crippen LogP contribution in [0.2, 0.25) is 0 Å². The number of pyridine rings is 1. The SMILES string of the molecule is NCCCc1cccc(-c2ccc(F)cc2)n1. The average molecular weight is 230 g/mol. The van der Waals surface area contributed by atoms with Gasteiger partial charge in [0, 0.05) is 11.3 Å². The maximum absolute atomic E-state index is 12.8. The van der Waals surface area contributed by atoms with Gasteiger partial charge in [-0.1, -0.05) is 6.07 Å². The predicted molar refractivity (Wildman–Crippen MR) is 67.0 cm³/mol. The molecule has 2 aromatic rings. The van der Waals surface area contributed by atoms with Crippen molar-refractivity contribution in [1.82, 2.24) is 4.98 Å². The standard InChI is InChI=1S/C14H15FN2/c15-12-8-6-11(7-9-12)14-5-1-3-13(17-14)4-2-10-16/h1,3,5-9H,2,4,10,16H2. The van der Waals surface area contributed by atoms with Crippen LogP contribution in [0, 0.1) is 5.82 Å². The quantitative estimate of drug-likeness (QED) is 0.877. The van der Waals surface area contributed by atoms with E-state index in [1.807, 2.05) is 18.2 Å². The molecule has 0 amide bonds. The molecule has 2 rings (SSSR count). The largest absolute Gasteiger partial charge is 0.330 e. The number of nitrogens with two attached hydrogens (primary N) is 1. The molecule has 3 heteroatoms. The molecule has 0 radical (unpaired) electrons. The minimum absolute atomic E-state index is 0.229. The Hall–Kier alpha value is -1.74. The topological polar surface area (TPSA) is 38.9 Å². The molecular formula is C14H15FN2. The summed E-state index contributed by atoms with van der Waals surface area (Å²) in [5.41, 5.74) is 8.30. The summed E-state index contributed by atoms with van der Waals surface area (Å²) in [7, 11) is 0. The van der Waals surface area contributed by atoms with Crippen molar-refractivity contribution in [3.63, 3.8) is 0 Å². The van der Waals surface area contributed by atoms with E-state index in [4.69, 9.17) is 5.73 Å². The highest BCUT2D eigenvalue weighted by molar-refractivity contribution is 5.58. The highest BCUT2D eigenvalue weighted by Crippen LogP contribution is 2.17. The molecule has 0 bridgehead atoms. The van der Waals surface area contributed by atoms with Crippen LogP contribution in [0.4, 0.5) is 4.39 Å². The maximum Gasteiger partial charge on any atom is 0.123 e. The Morgan fingerprint density at radius 3 is 2.53 bits per heavy atom. The summed E-state index contributed by atoms with van der Waals surface area (Å²) in [6.07, 6.45) is 1.81. The molecule has 1 aromatic heterocycles. The lowest BCUT2D eigenvalue weighted by molar-refractivity contribution is 0.628. The molecule has 0 aliphatic rings. The third-order valence-corrected chi connectivity index (χ3v) is 2.58. The van der Waals surface area contributed by atoms with Crippen LogP contribution in [0.3, 0.4) is 0 Å². The van der Waals surface area contributed by atoms with Crippen molar-refractivity contribution in [2.45, 2.75) is 12.8 Å². The number of halogens is 1. The van der Waals surface area contributed by atoms with Gasteiger partial charge < -0.3 is 5.73 Å². The fraction of sp³-hybridized carbons (Fsp3) is 0.214. The van der Waals surface area contributed by atoms with Crippen LogP contribution < -0.4 is 5.73 Å². The number of benzene rings is 1. The Kier molecular flexibility index (Phi) is 3.83. The van der Waals surface area contributed by atoms with E-state index in [1.54, 1.807) is 12.1 Å². The van der Waals surface area contributed by atoms with Crippen molar-refractivity contribution in [2.75, 3.05) is 6.54 Å². The summed E-state index contributed by atoms with van der Waals surface area (Å²) < 4.78 is 12.8. The number of nitrogens with zero attached hydrogens (tertiary/aromatic N) is 1. The lowest BCUT2D eigenvalue weighted by Crippen LogP contribution is -2.01. The van der Waals surface area contributed by atoms with Gasteiger partial charge in [0.25, 0.3) is 0 Å². The molecule has 88 valence electrons. The molecule has 0 spiro atoms. The minimum Gasteiger partial charge on any atom is -0.330 e. The Balaban J connectivity index is 2.23. The van der Waals surface area contributed by atoms with Crippen LogP contribution in [-0.2, 0) is 6.42 Å². The van der Waals surface area contributed by atoms with E-state index in [-0.39, 0.29) is 5.82 Å². The van der Waals surface area contributed by atoms with Gasteiger partial charge in [-0.05, 0) is 55.8 Å². The fourth-order valence-corrected chi connectivity index (χ4v) is 1.68. The summed E-state index contributed by atoms with van der Waals surface area (Å²) in [5, 5.41) is 0. The van der Waals surface area contributed by atoms with E-state index < -0.39 is 0 Å². The minimum atomic E-state index is -0.229. The third kappa shape index (κ3) is 3.11. The summed E-state index contributed by atoms with van der Waals surface area (Å²) in [6, 6.07) is 12.3. The Labute approximate surface area is 100 Å². The van der Waals surface area contributed by atoms with E-state index in [9.17, 15) is 4.39 Å². The van der Waals surface area contributed by atoms with Gasteiger partial charge in [0.2, 0.25) is 0 Å². The van der Waals surface area contributed by atoms with E-state index in [0.717, 1.165) is 29.8 Å². The van der Waals surface area contributed by atoms with E-state index in [2.05, 4.69) is 4.98 Å². The molecule has 0 fully saturated rings.